The molecule has 0 aliphatic carbocycles. The number of carbonyl (C=O) groups is 2. The number of hydrogen-bond donors (Lipinski definition) is 2. The average Bonchev–Trinajstić information content (AvgIpc) is 2.75. The first-order valence-electron chi connectivity index (χ1n) is 9.97. The number of benzene rings is 2. The molecule has 9 heteroatoms. The summed E-state index contributed by atoms with van der Waals surface area (Å²) in [5, 5.41) is 9.21. The molecular formula is C23H22F2N4O3. The van der Waals surface area contributed by atoms with Crippen molar-refractivity contribution >= 4 is 23.2 Å². The van der Waals surface area contributed by atoms with Gasteiger partial charge in [-0.3, -0.25) is 14.4 Å². The number of aryl methyl sites for hydroxylation is 1. The lowest BCUT2D eigenvalue weighted by atomic mass is 10.0. The molecule has 1 atom stereocenters. The van der Waals surface area contributed by atoms with E-state index in [2.05, 4.69) is 15.7 Å². The minimum atomic E-state index is -1.15. The third-order valence-corrected chi connectivity index (χ3v) is 4.88. The molecule has 0 fully saturated rings. The maximum absolute atomic E-state index is 13.9. The zero-order chi connectivity index (χ0) is 23.4. The van der Waals surface area contributed by atoms with E-state index >= 15 is 0 Å². The smallest absolute Gasteiger partial charge is 0.267 e. The molecule has 0 unspecified atom stereocenters. The van der Waals surface area contributed by atoms with Crippen LogP contribution in [0.15, 0.2) is 53.3 Å². The summed E-state index contributed by atoms with van der Waals surface area (Å²) in [4.78, 5) is 36.5. The van der Waals surface area contributed by atoms with Gasteiger partial charge in [-0.05, 0) is 43.2 Å². The standard InChI is InChI=1S/C23H22F2N4O3/c1-4-15-8-9-16(12-20(15)26-14(3)30)19-10-11-21(31)29(28-19)13(2)23(32)27-22-17(24)6-5-7-18(22)25/h5-13H,4H2,1-3H3,(H,26,30)(H,27,32)/t13-/m0/s1. The largest absolute Gasteiger partial charge is 0.326 e. The molecule has 0 spiro atoms. The fraction of sp³-hybridized carbons (Fsp3) is 0.217. The first-order valence-corrected chi connectivity index (χ1v) is 9.97. The van der Waals surface area contributed by atoms with E-state index in [1.165, 1.54) is 32.0 Å². The molecule has 166 valence electrons. The van der Waals surface area contributed by atoms with Crippen LogP contribution in [0.3, 0.4) is 0 Å². The molecule has 0 aliphatic rings. The summed E-state index contributed by atoms with van der Waals surface area (Å²) in [5.74, 6) is -2.89. The highest BCUT2D eigenvalue weighted by atomic mass is 19.1. The van der Waals surface area contributed by atoms with E-state index in [1.807, 2.05) is 13.0 Å². The summed E-state index contributed by atoms with van der Waals surface area (Å²) < 4.78 is 28.7. The van der Waals surface area contributed by atoms with Gasteiger partial charge in [-0.15, -0.1) is 0 Å². The third kappa shape index (κ3) is 4.88. The monoisotopic (exact) mass is 440 g/mol. The van der Waals surface area contributed by atoms with Gasteiger partial charge in [-0.2, -0.15) is 5.10 Å². The van der Waals surface area contributed by atoms with Crippen LogP contribution in [0.1, 0.15) is 32.4 Å². The summed E-state index contributed by atoms with van der Waals surface area (Å²) in [5.41, 5.74) is 1.40. The first-order chi connectivity index (χ1) is 15.2. The molecule has 2 aromatic carbocycles. The van der Waals surface area contributed by atoms with E-state index in [0.717, 1.165) is 22.4 Å². The Kier molecular flexibility index (Phi) is 6.77. The van der Waals surface area contributed by atoms with Gasteiger partial charge in [0, 0.05) is 24.2 Å². The van der Waals surface area contributed by atoms with Crippen molar-refractivity contribution in [3.63, 3.8) is 0 Å². The van der Waals surface area contributed by atoms with Crippen LogP contribution in [0.5, 0.6) is 0 Å². The maximum Gasteiger partial charge on any atom is 0.267 e. The quantitative estimate of drug-likeness (QED) is 0.608. The summed E-state index contributed by atoms with van der Waals surface area (Å²) in [6.07, 6.45) is 0.701. The lowest BCUT2D eigenvalue weighted by Crippen LogP contribution is -2.33. The minimum Gasteiger partial charge on any atom is -0.326 e. The topological polar surface area (TPSA) is 93.1 Å². The number of nitrogens with zero attached hydrogens (tertiary/aromatic N) is 2. The SMILES string of the molecule is CCc1ccc(-c2ccc(=O)n([C@@H](C)C(=O)Nc3c(F)cccc3F)n2)cc1NC(C)=O. The van der Waals surface area contributed by atoms with Crippen LogP contribution >= 0.6 is 0 Å². The summed E-state index contributed by atoms with van der Waals surface area (Å²) in [6.45, 7) is 4.76. The van der Waals surface area contributed by atoms with Gasteiger partial charge in [0.05, 0.1) is 5.69 Å². The van der Waals surface area contributed by atoms with Gasteiger partial charge in [0.25, 0.3) is 5.56 Å². The van der Waals surface area contributed by atoms with E-state index in [1.54, 1.807) is 12.1 Å². The molecule has 0 saturated carbocycles. The zero-order valence-corrected chi connectivity index (χ0v) is 17.8. The van der Waals surface area contributed by atoms with Crippen LogP contribution in [0.4, 0.5) is 20.2 Å². The fourth-order valence-electron chi connectivity index (χ4n) is 3.16. The van der Waals surface area contributed by atoms with Crippen molar-refractivity contribution in [1.82, 2.24) is 9.78 Å². The number of rotatable bonds is 6. The van der Waals surface area contributed by atoms with Gasteiger partial charge in [-0.1, -0.05) is 25.1 Å². The van der Waals surface area contributed by atoms with Crippen LogP contribution < -0.4 is 16.2 Å². The molecule has 0 saturated heterocycles. The van der Waals surface area contributed by atoms with Crippen molar-refractivity contribution < 1.29 is 18.4 Å². The predicted octanol–water partition coefficient (Wildman–Crippen LogP) is 3.91. The van der Waals surface area contributed by atoms with E-state index in [0.29, 0.717) is 23.4 Å². The molecule has 2 amide bonds. The molecule has 0 radical (unpaired) electrons. The molecule has 7 nitrogen and oxygen atoms in total. The summed E-state index contributed by atoms with van der Waals surface area (Å²) >= 11 is 0. The van der Waals surface area contributed by atoms with Gasteiger partial charge in [-0.25, -0.2) is 13.5 Å². The highest BCUT2D eigenvalue weighted by Crippen LogP contribution is 2.25. The average molecular weight is 440 g/mol. The molecule has 0 aliphatic heterocycles. The Bertz CT molecular complexity index is 1220. The molecule has 3 rings (SSSR count). The lowest BCUT2D eigenvalue weighted by Gasteiger charge is -2.16. The van der Waals surface area contributed by atoms with E-state index in [4.69, 9.17) is 0 Å². The Morgan fingerprint density at radius 2 is 1.75 bits per heavy atom. The van der Waals surface area contributed by atoms with E-state index in [-0.39, 0.29) is 5.91 Å². The van der Waals surface area contributed by atoms with E-state index < -0.39 is 34.8 Å². The second-order valence-electron chi connectivity index (χ2n) is 7.17. The molecule has 32 heavy (non-hydrogen) atoms. The van der Waals surface area contributed by atoms with Gasteiger partial charge < -0.3 is 10.6 Å². The van der Waals surface area contributed by atoms with Crippen molar-refractivity contribution in [1.29, 1.82) is 0 Å². The Hall–Kier alpha value is -3.88. The second kappa shape index (κ2) is 9.51. The van der Waals surface area contributed by atoms with Crippen LogP contribution in [0, 0.1) is 11.6 Å². The van der Waals surface area contributed by atoms with Crippen molar-refractivity contribution in [2.45, 2.75) is 33.2 Å². The highest BCUT2D eigenvalue weighted by molar-refractivity contribution is 5.93. The van der Waals surface area contributed by atoms with Gasteiger partial charge in [0.2, 0.25) is 11.8 Å². The highest BCUT2D eigenvalue weighted by Gasteiger charge is 2.21. The number of halogens is 2. The molecule has 3 aromatic rings. The lowest BCUT2D eigenvalue weighted by molar-refractivity contribution is -0.119. The maximum atomic E-state index is 13.9. The van der Waals surface area contributed by atoms with Crippen LogP contribution in [0.2, 0.25) is 0 Å². The number of hydrogen-bond acceptors (Lipinski definition) is 4. The van der Waals surface area contributed by atoms with Gasteiger partial charge in [0.15, 0.2) is 0 Å². The van der Waals surface area contributed by atoms with Crippen molar-refractivity contribution in [2.75, 3.05) is 10.6 Å². The number of nitrogens with one attached hydrogen (secondary N) is 2. The zero-order valence-electron chi connectivity index (χ0n) is 17.8. The number of carbonyl (C=O) groups excluding carboxylic acids is 2. The van der Waals surface area contributed by atoms with Gasteiger partial charge in [0.1, 0.15) is 23.4 Å². The Labute approximate surface area is 183 Å². The molecular weight excluding hydrogens is 418 g/mol. The van der Waals surface area contributed by atoms with Crippen LogP contribution in [0.25, 0.3) is 11.3 Å². The molecule has 1 aromatic heterocycles. The third-order valence-electron chi connectivity index (χ3n) is 4.88. The molecule has 2 N–H and O–H groups in total. The van der Waals surface area contributed by atoms with Crippen LogP contribution in [-0.2, 0) is 16.0 Å². The minimum absolute atomic E-state index is 0.222. The van der Waals surface area contributed by atoms with Gasteiger partial charge >= 0.3 is 0 Å². The van der Waals surface area contributed by atoms with E-state index in [9.17, 15) is 23.2 Å². The summed E-state index contributed by atoms with van der Waals surface area (Å²) in [6, 6.07) is 10.2. The molecule has 1 heterocycles. The Morgan fingerprint density at radius 3 is 2.38 bits per heavy atom. The summed E-state index contributed by atoms with van der Waals surface area (Å²) in [7, 11) is 0. The first kappa shape index (κ1) is 22.8. The number of aromatic nitrogens is 2. The van der Waals surface area contributed by atoms with Crippen molar-refractivity contribution in [2.24, 2.45) is 0 Å². The number of amides is 2. The Morgan fingerprint density at radius 1 is 1.06 bits per heavy atom. The predicted molar refractivity (Wildman–Crippen MR) is 117 cm³/mol. The number of para-hydroxylation sites is 1. The Balaban J connectivity index is 1.94. The second-order valence-corrected chi connectivity index (χ2v) is 7.17. The fourth-order valence-corrected chi connectivity index (χ4v) is 3.16. The molecule has 0 bridgehead atoms. The van der Waals surface area contributed by atoms with Crippen molar-refractivity contribution in [3.05, 3.63) is 76.1 Å². The number of anilines is 2. The normalized spacial score (nSPS) is 11.7. The van der Waals surface area contributed by atoms with Crippen molar-refractivity contribution in [3.8, 4) is 11.3 Å². The van der Waals surface area contributed by atoms with Crippen LogP contribution in [-0.4, -0.2) is 21.6 Å².